The van der Waals surface area contributed by atoms with E-state index < -0.39 is 5.02 Å². The third-order valence-electron chi connectivity index (χ3n) is 1.97. The maximum Gasteiger partial charge on any atom is 0.247 e. The molecule has 0 aliphatic carbocycles. The molecule has 1 nitrogen and oxygen atoms in total. The summed E-state index contributed by atoms with van der Waals surface area (Å²) < 4.78 is 5.26. The summed E-state index contributed by atoms with van der Waals surface area (Å²) in [6.07, 6.45) is 0. The van der Waals surface area contributed by atoms with Crippen LogP contribution in [0.25, 0.3) is 10.8 Å². The first kappa shape index (κ1) is 9.63. The van der Waals surface area contributed by atoms with Crippen molar-refractivity contribution in [1.82, 2.24) is 0 Å². The summed E-state index contributed by atoms with van der Waals surface area (Å²) >= 11 is 11.1. The molecule has 2 aromatic rings. The summed E-state index contributed by atoms with van der Waals surface area (Å²) in [5.41, 5.74) is 0. The van der Waals surface area contributed by atoms with E-state index in [1.54, 1.807) is 0 Å². The summed E-state index contributed by atoms with van der Waals surface area (Å²) in [7, 11) is 0. The molecule has 0 amide bonds. The molecule has 72 valence electrons. The lowest BCUT2D eigenvalue weighted by molar-refractivity contribution is 0.358. The predicted molar refractivity (Wildman–Crippen MR) is 60.1 cm³/mol. The minimum absolute atomic E-state index is 0.707. The van der Waals surface area contributed by atoms with Gasteiger partial charge in [0.2, 0.25) is 5.02 Å². The number of hydrogen-bond donors (Lipinski definition) is 0. The van der Waals surface area contributed by atoms with Gasteiger partial charge in [-0.1, -0.05) is 59.6 Å². The van der Waals surface area contributed by atoms with E-state index in [9.17, 15) is 0 Å². The van der Waals surface area contributed by atoms with Gasteiger partial charge in [-0.15, -0.1) is 0 Å². The summed E-state index contributed by atoms with van der Waals surface area (Å²) in [4.78, 5) is 0. The molecule has 0 unspecified atom stereocenters. The third kappa shape index (κ3) is 1.94. The van der Waals surface area contributed by atoms with Gasteiger partial charge >= 0.3 is 0 Å². The minimum atomic E-state index is -0.833. The van der Waals surface area contributed by atoms with E-state index in [-0.39, 0.29) is 0 Å². The highest BCUT2D eigenvalue weighted by Gasteiger charge is 2.04. The molecule has 0 saturated carbocycles. The molecule has 0 radical (unpaired) electrons. The van der Waals surface area contributed by atoms with Crippen LogP contribution >= 0.6 is 23.2 Å². The van der Waals surface area contributed by atoms with Crippen molar-refractivity contribution in [1.29, 1.82) is 0 Å². The van der Waals surface area contributed by atoms with Crippen molar-refractivity contribution in [3.05, 3.63) is 42.5 Å². The van der Waals surface area contributed by atoms with Crippen LogP contribution in [-0.4, -0.2) is 5.02 Å². The molecule has 0 aliphatic heterocycles. The molecular weight excluding hydrogens is 219 g/mol. The van der Waals surface area contributed by atoms with Crippen LogP contribution in [-0.2, 0) is 0 Å². The van der Waals surface area contributed by atoms with Gasteiger partial charge in [0.1, 0.15) is 5.75 Å². The molecule has 0 saturated heterocycles. The molecule has 0 N–H and O–H groups in total. The number of hydrogen-bond acceptors (Lipinski definition) is 1. The summed E-state index contributed by atoms with van der Waals surface area (Å²) in [5.74, 6) is 0.707. The highest BCUT2D eigenvalue weighted by Crippen LogP contribution is 2.27. The molecule has 0 bridgehead atoms. The van der Waals surface area contributed by atoms with Crippen LogP contribution in [0.4, 0.5) is 0 Å². The maximum absolute atomic E-state index is 5.56. The second-order valence-corrected chi connectivity index (χ2v) is 3.87. The second kappa shape index (κ2) is 4.07. The Morgan fingerprint density at radius 3 is 2.43 bits per heavy atom. The van der Waals surface area contributed by atoms with Crippen LogP contribution in [0.1, 0.15) is 0 Å². The van der Waals surface area contributed by atoms with Gasteiger partial charge in [-0.2, -0.15) is 0 Å². The van der Waals surface area contributed by atoms with Gasteiger partial charge in [-0.05, 0) is 11.5 Å². The van der Waals surface area contributed by atoms with Crippen molar-refractivity contribution in [2.45, 2.75) is 5.02 Å². The SMILES string of the molecule is ClC(Cl)Oc1cccc2ccccc12. The first-order valence-electron chi connectivity index (χ1n) is 4.20. The zero-order valence-corrected chi connectivity index (χ0v) is 8.79. The van der Waals surface area contributed by atoms with Crippen molar-refractivity contribution in [2.24, 2.45) is 0 Å². The number of rotatable bonds is 2. The molecule has 2 rings (SSSR count). The summed E-state index contributed by atoms with van der Waals surface area (Å²) in [6, 6.07) is 13.7. The van der Waals surface area contributed by atoms with Gasteiger partial charge in [0.25, 0.3) is 0 Å². The van der Waals surface area contributed by atoms with E-state index >= 15 is 0 Å². The van der Waals surface area contributed by atoms with Crippen LogP contribution in [0.3, 0.4) is 0 Å². The summed E-state index contributed by atoms with van der Waals surface area (Å²) in [6.45, 7) is 0. The van der Waals surface area contributed by atoms with E-state index in [1.807, 2.05) is 42.5 Å². The first-order valence-corrected chi connectivity index (χ1v) is 5.07. The van der Waals surface area contributed by atoms with Crippen molar-refractivity contribution in [3.63, 3.8) is 0 Å². The Morgan fingerprint density at radius 1 is 0.929 bits per heavy atom. The van der Waals surface area contributed by atoms with Crippen molar-refractivity contribution in [2.75, 3.05) is 0 Å². The van der Waals surface area contributed by atoms with E-state index in [1.165, 1.54) is 0 Å². The van der Waals surface area contributed by atoms with Crippen LogP contribution in [0.5, 0.6) is 5.75 Å². The molecule has 0 fully saturated rings. The zero-order chi connectivity index (χ0) is 9.97. The van der Waals surface area contributed by atoms with Gasteiger partial charge in [-0.3, -0.25) is 0 Å². The average molecular weight is 227 g/mol. The number of alkyl halides is 2. The first-order chi connectivity index (χ1) is 6.77. The van der Waals surface area contributed by atoms with E-state index in [4.69, 9.17) is 27.9 Å². The highest BCUT2D eigenvalue weighted by molar-refractivity contribution is 6.43. The molecule has 14 heavy (non-hydrogen) atoms. The Kier molecular flexibility index (Phi) is 2.80. The minimum Gasteiger partial charge on any atom is -0.460 e. The second-order valence-electron chi connectivity index (χ2n) is 2.86. The smallest absolute Gasteiger partial charge is 0.247 e. The third-order valence-corrected chi connectivity index (χ3v) is 2.14. The lowest BCUT2D eigenvalue weighted by atomic mass is 10.1. The monoisotopic (exact) mass is 226 g/mol. The lowest BCUT2D eigenvalue weighted by Crippen LogP contribution is -1.99. The molecule has 2 aromatic carbocycles. The largest absolute Gasteiger partial charge is 0.460 e. The molecule has 0 aromatic heterocycles. The molecule has 0 spiro atoms. The van der Waals surface area contributed by atoms with Gasteiger partial charge in [-0.25, -0.2) is 0 Å². The Labute approximate surface area is 92.2 Å². The molecule has 0 atom stereocenters. The fourth-order valence-corrected chi connectivity index (χ4v) is 1.59. The number of ether oxygens (including phenoxy) is 1. The summed E-state index contributed by atoms with van der Waals surface area (Å²) in [5, 5.41) is 1.29. The van der Waals surface area contributed by atoms with Crippen LogP contribution in [0, 0.1) is 0 Å². The normalized spacial score (nSPS) is 10.8. The molecular formula is C11H8Cl2O. The lowest BCUT2D eigenvalue weighted by Gasteiger charge is -2.08. The topological polar surface area (TPSA) is 9.23 Å². The maximum atomic E-state index is 5.56. The van der Waals surface area contributed by atoms with Crippen molar-refractivity contribution < 1.29 is 4.74 Å². The average Bonchev–Trinajstić information content (AvgIpc) is 2.18. The van der Waals surface area contributed by atoms with Gasteiger partial charge < -0.3 is 4.74 Å². The molecule has 3 heteroatoms. The van der Waals surface area contributed by atoms with Gasteiger partial charge in [0.05, 0.1) is 0 Å². The number of fused-ring (bicyclic) bond motifs is 1. The number of halogens is 2. The Hall–Kier alpha value is -0.920. The Bertz CT molecular complexity index is 435. The quantitative estimate of drug-likeness (QED) is 0.705. The predicted octanol–water partition coefficient (Wildman–Crippen LogP) is 3.98. The van der Waals surface area contributed by atoms with E-state index in [0.717, 1.165) is 10.8 Å². The van der Waals surface area contributed by atoms with E-state index in [0.29, 0.717) is 5.75 Å². The van der Waals surface area contributed by atoms with E-state index in [2.05, 4.69) is 0 Å². The molecule has 0 heterocycles. The standard InChI is InChI=1S/C11H8Cl2O/c12-11(13)14-10-7-3-5-8-4-1-2-6-9(8)10/h1-7,11H. The van der Waals surface area contributed by atoms with Crippen molar-refractivity contribution in [3.8, 4) is 5.75 Å². The van der Waals surface area contributed by atoms with Crippen molar-refractivity contribution >= 4 is 34.0 Å². The van der Waals surface area contributed by atoms with Gasteiger partial charge in [0.15, 0.2) is 0 Å². The van der Waals surface area contributed by atoms with Crippen LogP contribution in [0.2, 0.25) is 0 Å². The Morgan fingerprint density at radius 2 is 1.64 bits per heavy atom. The van der Waals surface area contributed by atoms with Gasteiger partial charge in [0, 0.05) is 5.39 Å². The highest BCUT2D eigenvalue weighted by atomic mass is 35.5. The van der Waals surface area contributed by atoms with Crippen LogP contribution < -0.4 is 4.74 Å². The number of benzene rings is 2. The fraction of sp³-hybridized carbons (Fsp3) is 0.0909. The zero-order valence-electron chi connectivity index (χ0n) is 7.28. The fourth-order valence-electron chi connectivity index (χ4n) is 1.39. The van der Waals surface area contributed by atoms with Crippen LogP contribution in [0.15, 0.2) is 42.5 Å². The molecule has 0 aliphatic rings. The Balaban J connectivity index is 2.53.